The van der Waals surface area contributed by atoms with Crippen LogP contribution in [0.25, 0.3) is 22.0 Å². The molecule has 0 spiro atoms. The molecule has 3 rings (SSSR count). The molecule has 3 nitrogen and oxygen atoms in total. The third-order valence-electron chi connectivity index (χ3n) is 3.68. The molecule has 0 aliphatic rings. The number of aromatic nitrogens is 1. The molecule has 1 aromatic heterocycles. The van der Waals surface area contributed by atoms with E-state index in [2.05, 4.69) is 0 Å². The third kappa shape index (κ3) is 2.38. The number of carbonyl (C=O) groups is 1. The number of hydrogen-bond donors (Lipinski definition) is 0. The van der Waals surface area contributed by atoms with Gasteiger partial charge < -0.3 is 9.30 Å². The van der Waals surface area contributed by atoms with Crippen molar-refractivity contribution in [2.24, 2.45) is 7.05 Å². The normalized spacial score (nSPS) is 10.9. The van der Waals surface area contributed by atoms with Crippen LogP contribution >= 0.6 is 11.6 Å². The van der Waals surface area contributed by atoms with E-state index < -0.39 is 0 Å². The van der Waals surface area contributed by atoms with Gasteiger partial charge in [-0.1, -0.05) is 48.0 Å². The lowest BCUT2D eigenvalue weighted by Crippen LogP contribution is -2.10. The molecule has 1 heterocycles. The molecule has 0 amide bonds. The fourth-order valence-corrected chi connectivity index (χ4v) is 2.96. The number of carbonyl (C=O) groups excluding carboxylic acids is 1. The number of esters is 1. The molecule has 2 aromatic carbocycles. The van der Waals surface area contributed by atoms with Crippen LogP contribution in [0.5, 0.6) is 0 Å². The first-order valence-corrected chi connectivity index (χ1v) is 7.51. The monoisotopic (exact) mass is 313 g/mol. The molecule has 0 unspecified atom stereocenters. The summed E-state index contributed by atoms with van der Waals surface area (Å²) >= 11 is 6.16. The fourth-order valence-electron chi connectivity index (χ4n) is 2.78. The Labute approximate surface area is 134 Å². The van der Waals surface area contributed by atoms with E-state index in [-0.39, 0.29) is 5.97 Å². The summed E-state index contributed by atoms with van der Waals surface area (Å²) in [5.41, 5.74) is 2.54. The first-order valence-electron chi connectivity index (χ1n) is 7.14. The quantitative estimate of drug-likeness (QED) is 0.658. The van der Waals surface area contributed by atoms with Gasteiger partial charge in [0.25, 0.3) is 0 Å². The van der Waals surface area contributed by atoms with Crippen molar-refractivity contribution in [2.45, 2.75) is 6.92 Å². The van der Waals surface area contributed by atoms with Crippen LogP contribution in [-0.2, 0) is 11.8 Å². The molecule has 112 valence electrons. The maximum absolute atomic E-state index is 12.3. The van der Waals surface area contributed by atoms with Crippen molar-refractivity contribution in [2.75, 3.05) is 6.61 Å². The maximum atomic E-state index is 12.3. The highest BCUT2D eigenvalue weighted by molar-refractivity contribution is 6.31. The van der Waals surface area contributed by atoms with Crippen molar-refractivity contribution < 1.29 is 9.53 Å². The predicted molar refractivity (Wildman–Crippen MR) is 89.3 cm³/mol. The van der Waals surface area contributed by atoms with E-state index in [1.807, 2.05) is 54.1 Å². The van der Waals surface area contributed by atoms with Crippen molar-refractivity contribution in [3.63, 3.8) is 0 Å². The van der Waals surface area contributed by atoms with Crippen LogP contribution in [0.15, 0.2) is 48.5 Å². The Morgan fingerprint density at radius 2 is 1.86 bits per heavy atom. The van der Waals surface area contributed by atoms with Gasteiger partial charge in [0.2, 0.25) is 0 Å². The van der Waals surface area contributed by atoms with Crippen LogP contribution < -0.4 is 0 Å². The Morgan fingerprint density at radius 3 is 2.55 bits per heavy atom. The summed E-state index contributed by atoms with van der Waals surface area (Å²) in [6.07, 6.45) is 0. The van der Waals surface area contributed by atoms with Gasteiger partial charge >= 0.3 is 5.97 Å². The van der Waals surface area contributed by atoms with Crippen molar-refractivity contribution in [1.82, 2.24) is 4.57 Å². The summed E-state index contributed by atoms with van der Waals surface area (Å²) in [6.45, 7) is 2.15. The van der Waals surface area contributed by atoms with Crippen LogP contribution in [0.3, 0.4) is 0 Å². The van der Waals surface area contributed by atoms with E-state index in [1.165, 1.54) is 0 Å². The molecule has 0 aliphatic heterocycles. The van der Waals surface area contributed by atoms with Crippen LogP contribution in [0.4, 0.5) is 0 Å². The molecule has 4 heteroatoms. The second-order valence-corrected chi connectivity index (χ2v) is 5.47. The highest BCUT2D eigenvalue weighted by atomic mass is 35.5. The second-order valence-electron chi connectivity index (χ2n) is 5.03. The second kappa shape index (κ2) is 5.85. The van der Waals surface area contributed by atoms with E-state index in [0.29, 0.717) is 17.3 Å². The number of fused-ring (bicyclic) bond motifs is 1. The lowest BCUT2D eigenvalue weighted by molar-refractivity contribution is 0.0518. The largest absolute Gasteiger partial charge is 0.461 e. The Morgan fingerprint density at radius 1 is 1.14 bits per heavy atom. The van der Waals surface area contributed by atoms with Gasteiger partial charge in [-0.05, 0) is 24.6 Å². The minimum Gasteiger partial charge on any atom is -0.461 e. The molecule has 0 radical (unpaired) electrons. The van der Waals surface area contributed by atoms with Gasteiger partial charge in [-0.2, -0.15) is 0 Å². The van der Waals surface area contributed by atoms with Gasteiger partial charge in [-0.15, -0.1) is 0 Å². The van der Waals surface area contributed by atoms with Crippen LogP contribution in [0.1, 0.15) is 17.4 Å². The van der Waals surface area contributed by atoms with E-state index in [4.69, 9.17) is 16.3 Å². The number of rotatable bonds is 3. The lowest BCUT2D eigenvalue weighted by Gasteiger charge is -2.07. The van der Waals surface area contributed by atoms with Crippen LogP contribution in [-0.4, -0.2) is 17.1 Å². The molecule has 0 atom stereocenters. The SMILES string of the molecule is CCOC(=O)c1c2ccc(Cl)cc2c(-c2ccccc2)n1C. The standard InChI is InChI=1S/C18H16ClNO2/c1-3-22-18(21)17-14-10-9-13(19)11-15(14)16(20(17)2)12-7-5-4-6-8-12/h4-11H,3H2,1-2H3. The summed E-state index contributed by atoms with van der Waals surface area (Å²) in [6, 6.07) is 15.5. The van der Waals surface area contributed by atoms with Gasteiger partial charge in [0.15, 0.2) is 0 Å². The highest BCUT2D eigenvalue weighted by Crippen LogP contribution is 2.35. The van der Waals surface area contributed by atoms with Gasteiger partial charge in [0.1, 0.15) is 5.69 Å². The van der Waals surface area contributed by atoms with Crippen LogP contribution in [0, 0.1) is 0 Å². The van der Waals surface area contributed by atoms with Crippen molar-refractivity contribution >= 4 is 28.3 Å². The summed E-state index contributed by atoms with van der Waals surface area (Å²) in [5.74, 6) is -0.320. The fraction of sp³-hybridized carbons (Fsp3) is 0.167. The minimum atomic E-state index is -0.320. The summed E-state index contributed by atoms with van der Waals surface area (Å²) in [7, 11) is 1.88. The Hall–Kier alpha value is -2.26. The van der Waals surface area contributed by atoms with Gasteiger partial charge in [0, 0.05) is 22.8 Å². The maximum Gasteiger partial charge on any atom is 0.355 e. The van der Waals surface area contributed by atoms with E-state index in [1.54, 1.807) is 13.0 Å². The van der Waals surface area contributed by atoms with Crippen molar-refractivity contribution in [3.8, 4) is 11.3 Å². The zero-order valence-electron chi connectivity index (χ0n) is 12.5. The number of halogens is 1. The molecule has 0 N–H and O–H groups in total. The molecule has 0 bridgehead atoms. The van der Waals surface area contributed by atoms with E-state index in [9.17, 15) is 4.79 Å². The van der Waals surface area contributed by atoms with Crippen molar-refractivity contribution in [3.05, 3.63) is 59.2 Å². The third-order valence-corrected chi connectivity index (χ3v) is 3.91. The molecular weight excluding hydrogens is 298 g/mol. The molecule has 0 aliphatic carbocycles. The number of benzene rings is 2. The Balaban J connectivity index is 2.34. The predicted octanol–water partition coefficient (Wildman–Crippen LogP) is 4.68. The number of ether oxygens (including phenoxy) is 1. The number of hydrogen-bond acceptors (Lipinski definition) is 2. The lowest BCUT2D eigenvalue weighted by atomic mass is 10.1. The van der Waals surface area contributed by atoms with Crippen molar-refractivity contribution in [1.29, 1.82) is 0 Å². The summed E-state index contributed by atoms with van der Waals surface area (Å²) in [5, 5.41) is 2.44. The minimum absolute atomic E-state index is 0.320. The molecular formula is C18H16ClNO2. The smallest absolute Gasteiger partial charge is 0.355 e. The Bertz CT molecular complexity index is 837. The topological polar surface area (TPSA) is 31.2 Å². The van der Waals surface area contributed by atoms with Crippen LogP contribution in [0.2, 0.25) is 5.02 Å². The Kier molecular flexibility index (Phi) is 3.90. The van der Waals surface area contributed by atoms with Gasteiger partial charge in [0.05, 0.1) is 12.3 Å². The van der Waals surface area contributed by atoms with Gasteiger partial charge in [-0.25, -0.2) is 4.79 Å². The molecule has 3 aromatic rings. The number of nitrogens with zero attached hydrogens (tertiary/aromatic N) is 1. The first kappa shape index (κ1) is 14.7. The highest BCUT2D eigenvalue weighted by Gasteiger charge is 2.22. The zero-order valence-corrected chi connectivity index (χ0v) is 13.2. The molecule has 22 heavy (non-hydrogen) atoms. The average Bonchev–Trinajstić information content (AvgIpc) is 2.79. The molecule has 0 saturated heterocycles. The molecule has 0 fully saturated rings. The van der Waals surface area contributed by atoms with Gasteiger partial charge in [-0.3, -0.25) is 0 Å². The summed E-state index contributed by atoms with van der Waals surface area (Å²) < 4.78 is 7.09. The zero-order chi connectivity index (χ0) is 15.7. The summed E-state index contributed by atoms with van der Waals surface area (Å²) in [4.78, 5) is 12.3. The molecule has 0 saturated carbocycles. The first-order chi connectivity index (χ1) is 10.6. The average molecular weight is 314 g/mol. The van der Waals surface area contributed by atoms with E-state index in [0.717, 1.165) is 22.0 Å². The van der Waals surface area contributed by atoms with E-state index >= 15 is 0 Å².